The zero-order valence-corrected chi connectivity index (χ0v) is 19.0. The van der Waals surface area contributed by atoms with Crippen molar-refractivity contribution in [2.75, 3.05) is 18.5 Å². The van der Waals surface area contributed by atoms with Crippen LogP contribution in [0.4, 0.5) is 14.5 Å². The number of nitrogens with zero attached hydrogens (tertiary/aromatic N) is 2. The fraction of sp³-hybridized carbons (Fsp3) is 0.333. The van der Waals surface area contributed by atoms with Gasteiger partial charge in [0.1, 0.15) is 11.6 Å². The van der Waals surface area contributed by atoms with Gasteiger partial charge in [0, 0.05) is 41.8 Å². The van der Waals surface area contributed by atoms with Crippen molar-refractivity contribution >= 4 is 17.2 Å². The van der Waals surface area contributed by atoms with Crippen molar-refractivity contribution in [3.05, 3.63) is 77.6 Å². The van der Waals surface area contributed by atoms with Gasteiger partial charge in [-0.25, -0.2) is 8.78 Å². The number of halogens is 2. The van der Waals surface area contributed by atoms with Gasteiger partial charge in [0.15, 0.2) is 0 Å². The van der Waals surface area contributed by atoms with Crippen molar-refractivity contribution in [3.63, 3.8) is 0 Å². The minimum Gasteiger partial charge on any atom is -0.381 e. The first-order valence-corrected chi connectivity index (χ1v) is 12.0. The molecule has 2 atom stereocenters. The van der Waals surface area contributed by atoms with Crippen LogP contribution in [0.5, 0.6) is 0 Å². The van der Waals surface area contributed by atoms with Gasteiger partial charge in [-0.2, -0.15) is 5.10 Å². The molecule has 1 amide bonds. The highest BCUT2D eigenvalue weighted by molar-refractivity contribution is 6.11. The minimum atomic E-state index is -0.608. The van der Waals surface area contributed by atoms with Gasteiger partial charge < -0.3 is 14.8 Å². The third-order valence-electron chi connectivity index (χ3n) is 7.07. The van der Waals surface area contributed by atoms with Crippen LogP contribution in [-0.2, 0) is 14.3 Å². The minimum absolute atomic E-state index is 0.143. The number of hydrogen-bond acceptors (Lipinski definition) is 4. The molecule has 3 aliphatic rings. The summed E-state index contributed by atoms with van der Waals surface area (Å²) in [4.78, 5) is 13.4. The number of aromatic nitrogens is 2. The van der Waals surface area contributed by atoms with Crippen molar-refractivity contribution in [2.45, 2.75) is 43.9 Å². The molecule has 2 saturated heterocycles. The lowest BCUT2D eigenvalue weighted by Crippen LogP contribution is -2.26. The summed E-state index contributed by atoms with van der Waals surface area (Å²) in [5.41, 5.74) is 2.97. The van der Waals surface area contributed by atoms with E-state index in [2.05, 4.69) is 10.4 Å². The third-order valence-corrected chi connectivity index (χ3v) is 7.07. The molecule has 3 aliphatic heterocycles. The summed E-state index contributed by atoms with van der Waals surface area (Å²) in [6.45, 7) is 1.38. The molecule has 35 heavy (non-hydrogen) atoms. The zero-order chi connectivity index (χ0) is 23.9. The Balaban J connectivity index is 1.30. The van der Waals surface area contributed by atoms with Crippen LogP contribution in [0.25, 0.3) is 16.7 Å². The number of carbonyl (C=O) groups is 1. The number of anilines is 1. The molecular weight excluding hydrogens is 452 g/mol. The van der Waals surface area contributed by atoms with Crippen molar-refractivity contribution in [1.29, 1.82) is 0 Å². The van der Waals surface area contributed by atoms with E-state index < -0.39 is 11.6 Å². The average Bonchev–Trinajstić information content (AvgIpc) is 3.61. The van der Waals surface area contributed by atoms with Gasteiger partial charge in [0.05, 0.1) is 29.5 Å². The van der Waals surface area contributed by atoms with E-state index in [1.54, 1.807) is 24.4 Å². The molecule has 8 heteroatoms. The van der Waals surface area contributed by atoms with Crippen LogP contribution < -0.4 is 5.32 Å². The number of rotatable bonds is 5. The standard InChI is InChI=1S/C27H25F2N3O3/c28-20-4-2-1-3-18(20)19-6-5-16(15-21(19)29)31-27(33)26-24-8-7-23(35-24)25(26)22-9-12-30-32(22)17-10-13-34-14-11-17/h1-6,9,12,15,17,23-24H,7-8,10-11,13-14H2,(H,31,33). The summed E-state index contributed by atoms with van der Waals surface area (Å²) < 4.78 is 42.6. The van der Waals surface area contributed by atoms with E-state index in [9.17, 15) is 13.6 Å². The molecule has 4 heterocycles. The van der Waals surface area contributed by atoms with Crippen molar-refractivity contribution < 1.29 is 23.0 Å². The van der Waals surface area contributed by atoms with Crippen molar-refractivity contribution in [2.24, 2.45) is 0 Å². The number of carbonyl (C=O) groups excluding carboxylic acids is 1. The molecule has 2 bridgehead atoms. The number of nitrogens with one attached hydrogen (secondary N) is 1. The zero-order valence-electron chi connectivity index (χ0n) is 19.0. The van der Waals surface area contributed by atoms with Gasteiger partial charge in [-0.1, -0.05) is 18.2 Å². The molecule has 0 radical (unpaired) electrons. The lowest BCUT2D eigenvalue weighted by molar-refractivity contribution is -0.113. The fourth-order valence-corrected chi connectivity index (χ4v) is 5.42. The number of hydrogen-bond donors (Lipinski definition) is 1. The molecule has 2 unspecified atom stereocenters. The molecule has 1 aromatic heterocycles. The Morgan fingerprint density at radius 2 is 1.71 bits per heavy atom. The predicted octanol–water partition coefficient (Wildman–Crippen LogP) is 5.13. The number of amides is 1. The van der Waals surface area contributed by atoms with Gasteiger partial charge in [-0.05, 0) is 56.0 Å². The van der Waals surface area contributed by atoms with Gasteiger partial charge in [-0.15, -0.1) is 0 Å². The van der Waals surface area contributed by atoms with Crippen molar-refractivity contribution in [1.82, 2.24) is 9.78 Å². The molecule has 2 aromatic carbocycles. The Bertz CT molecular complexity index is 1310. The maximum Gasteiger partial charge on any atom is 0.254 e. The highest BCUT2D eigenvalue weighted by Gasteiger charge is 2.45. The van der Waals surface area contributed by atoms with Crippen LogP contribution in [0.2, 0.25) is 0 Å². The van der Waals surface area contributed by atoms with E-state index in [4.69, 9.17) is 9.47 Å². The van der Waals surface area contributed by atoms with Crippen LogP contribution in [0, 0.1) is 11.6 Å². The highest BCUT2D eigenvalue weighted by atomic mass is 19.1. The van der Waals surface area contributed by atoms with Crippen LogP contribution in [-0.4, -0.2) is 41.1 Å². The topological polar surface area (TPSA) is 65.4 Å². The van der Waals surface area contributed by atoms with Crippen LogP contribution in [0.15, 0.2) is 60.3 Å². The first-order chi connectivity index (χ1) is 17.1. The van der Waals surface area contributed by atoms with E-state index in [1.807, 2.05) is 10.7 Å². The van der Waals surface area contributed by atoms with E-state index >= 15 is 0 Å². The van der Waals surface area contributed by atoms with E-state index in [0.717, 1.165) is 37.0 Å². The normalized spacial score (nSPS) is 22.1. The lowest BCUT2D eigenvalue weighted by Gasteiger charge is -2.26. The van der Waals surface area contributed by atoms with Gasteiger partial charge >= 0.3 is 0 Å². The Kier molecular flexibility index (Phi) is 5.70. The second-order valence-corrected chi connectivity index (χ2v) is 9.15. The molecule has 3 aromatic rings. The third kappa shape index (κ3) is 3.96. The first kappa shape index (κ1) is 22.1. The first-order valence-electron chi connectivity index (χ1n) is 12.0. The Hall–Kier alpha value is -3.36. The molecule has 0 aliphatic carbocycles. The van der Waals surface area contributed by atoms with Crippen LogP contribution in [0.1, 0.15) is 37.4 Å². The maximum atomic E-state index is 14.9. The largest absolute Gasteiger partial charge is 0.381 e. The summed E-state index contributed by atoms with van der Waals surface area (Å²) in [5, 5.41) is 7.40. The molecule has 6 rings (SSSR count). The Morgan fingerprint density at radius 3 is 2.51 bits per heavy atom. The monoisotopic (exact) mass is 477 g/mol. The molecule has 1 N–H and O–H groups in total. The molecule has 2 fully saturated rings. The van der Waals surface area contributed by atoms with Gasteiger partial charge in [0.2, 0.25) is 0 Å². The maximum absolute atomic E-state index is 14.9. The lowest BCUT2D eigenvalue weighted by atomic mass is 9.88. The fourth-order valence-electron chi connectivity index (χ4n) is 5.42. The molecule has 180 valence electrons. The Morgan fingerprint density at radius 1 is 0.943 bits per heavy atom. The highest BCUT2D eigenvalue weighted by Crippen LogP contribution is 2.45. The number of benzene rings is 2. The van der Waals surface area contributed by atoms with Crippen molar-refractivity contribution in [3.8, 4) is 11.1 Å². The molecular formula is C27H25F2N3O3. The number of ether oxygens (including phenoxy) is 2. The summed E-state index contributed by atoms with van der Waals surface area (Å²) in [7, 11) is 0. The quantitative estimate of drug-likeness (QED) is 0.553. The number of fused-ring (bicyclic) bond motifs is 2. The van der Waals surface area contributed by atoms with E-state index in [1.165, 1.54) is 24.3 Å². The predicted molar refractivity (Wildman–Crippen MR) is 127 cm³/mol. The van der Waals surface area contributed by atoms with Gasteiger partial charge in [-0.3, -0.25) is 9.48 Å². The summed E-state index contributed by atoms with van der Waals surface area (Å²) in [6.07, 6.45) is 4.66. The second-order valence-electron chi connectivity index (χ2n) is 9.15. The van der Waals surface area contributed by atoms with Crippen LogP contribution >= 0.6 is 0 Å². The van der Waals surface area contributed by atoms with E-state index in [-0.39, 0.29) is 35.3 Å². The smallest absolute Gasteiger partial charge is 0.254 e. The summed E-state index contributed by atoms with van der Waals surface area (Å²) in [5.74, 6) is -1.42. The second kappa shape index (κ2) is 9.02. The van der Waals surface area contributed by atoms with Gasteiger partial charge in [0.25, 0.3) is 5.91 Å². The summed E-state index contributed by atoms with van der Waals surface area (Å²) >= 11 is 0. The Labute approximate surface area is 201 Å². The molecule has 0 saturated carbocycles. The molecule has 6 nitrogen and oxygen atoms in total. The summed E-state index contributed by atoms with van der Waals surface area (Å²) in [6, 6.07) is 12.5. The molecule has 0 spiro atoms. The van der Waals surface area contributed by atoms with E-state index in [0.29, 0.717) is 24.5 Å². The van der Waals surface area contributed by atoms with Crippen LogP contribution in [0.3, 0.4) is 0 Å². The SMILES string of the molecule is O=C(Nc1ccc(-c2ccccc2F)c(F)c1)C1=C(c2ccnn2C2CCOCC2)C2CCC1O2. The average molecular weight is 478 g/mol.